The topological polar surface area (TPSA) is 122 Å². The molecule has 3 N–H and O–H groups in total. The van der Waals surface area contributed by atoms with Crippen molar-refractivity contribution in [3.05, 3.63) is 34.2 Å². The Morgan fingerprint density at radius 2 is 2.11 bits per heavy atom. The molecule has 1 atom stereocenters. The summed E-state index contributed by atoms with van der Waals surface area (Å²) in [5, 5.41) is 20.3. The van der Waals surface area contributed by atoms with Crippen LogP contribution in [0, 0.1) is 0 Å². The third kappa shape index (κ3) is 6.74. The van der Waals surface area contributed by atoms with E-state index in [9.17, 15) is 0 Å². The molecule has 3 heterocycles. The van der Waals surface area contributed by atoms with Crippen molar-refractivity contribution in [2.24, 2.45) is 0 Å². The number of hydrogen-bond acceptors (Lipinski definition) is 8. The molecule has 0 saturated heterocycles. The van der Waals surface area contributed by atoms with Crippen LogP contribution in [0.1, 0.15) is 30.3 Å². The Morgan fingerprint density at radius 3 is 2.74 bits per heavy atom. The summed E-state index contributed by atoms with van der Waals surface area (Å²) in [4.78, 5) is 19.6. The fourth-order valence-corrected chi connectivity index (χ4v) is 3.71. The Balaban J connectivity index is 0.000000380. The van der Waals surface area contributed by atoms with E-state index in [0.29, 0.717) is 18.5 Å². The molecule has 0 fully saturated rings. The largest absolute Gasteiger partial charge is 0.475 e. The van der Waals surface area contributed by atoms with Crippen molar-refractivity contribution in [1.82, 2.24) is 14.1 Å². The predicted octanol–water partition coefficient (Wildman–Crippen LogP) is 2.53. The maximum absolute atomic E-state index is 9.10. The zero-order valence-electron chi connectivity index (χ0n) is 14.8. The van der Waals surface area contributed by atoms with Gasteiger partial charge in [0.15, 0.2) is 0 Å². The molecule has 0 amide bonds. The molecule has 146 valence electrons. The number of ether oxygens (including phenoxy) is 1. The van der Waals surface area contributed by atoms with E-state index in [0.717, 1.165) is 31.5 Å². The molecular weight excluding hydrogens is 390 g/mol. The van der Waals surface area contributed by atoms with Crippen molar-refractivity contribution in [2.75, 3.05) is 13.2 Å². The monoisotopic (exact) mass is 411 g/mol. The summed E-state index contributed by atoms with van der Waals surface area (Å²) in [5.74, 6) is -2.96. The summed E-state index contributed by atoms with van der Waals surface area (Å²) in [6.07, 6.45) is 5.35. The van der Waals surface area contributed by atoms with Crippen LogP contribution >= 0.6 is 23.1 Å². The van der Waals surface area contributed by atoms with E-state index in [1.165, 1.54) is 22.2 Å². The van der Waals surface area contributed by atoms with Crippen LogP contribution in [0.3, 0.4) is 0 Å². The molecule has 27 heavy (non-hydrogen) atoms. The van der Waals surface area contributed by atoms with Crippen molar-refractivity contribution in [3.63, 3.8) is 0 Å². The van der Waals surface area contributed by atoms with Crippen LogP contribution in [0.25, 0.3) is 5.57 Å². The maximum Gasteiger partial charge on any atom is 0.414 e. The number of rotatable bonds is 6. The number of aromatic nitrogens is 2. The first kappa shape index (κ1) is 21.0. The molecule has 8 nitrogen and oxygen atoms in total. The highest BCUT2D eigenvalue weighted by Crippen LogP contribution is 2.28. The number of aliphatic carboxylic acids is 2. The molecule has 2 aromatic rings. The fraction of sp³-hybridized carbons (Fsp3) is 0.412. The summed E-state index contributed by atoms with van der Waals surface area (Å²) < 4.78 is 14.6. The Labute approximate surface area is 164 Å². The number of thiophene rings is 1. The minimum atomic E-state index is -1.82. The molecule has 0 spiro atoms. The van der Waals surface area contributed by atoms with Crippen molar-refractivity contribution >= 4 is 40.6 Å². The van der Waals surface area contributed by atoms with Gasteiger partial charge in [-0.25, -0.2) is 9.59 Å². The van der Waals surface area contributed by atoms with E-state index in [1.54, 1.807) is 11.3 Å². The molecular formula is C17H21N3O5S2. The van der Waals surface area contributed by atoms with E-state index >= 15 is 0 Å². The Kier molecular flexibility index (Phi) is 8.37. The lowest BCUT2D eigenvalue weighted by molar-refractivity contribution is -0.159. The molecule has 0 aliphatic carbocycles. The third-order valence-electron chi connectivity index (χ3n) is 3.73. The lowest BCUT2D eigenvalue weighted by Gasteiger charge is -2.21. The quantitative estimate of drug-likeness (QED) is 0.490. The number of carbonyl (C=O) groups is 2. The standard InChI is InChI=1S/C15H19N3OS2.C2H2O4/c1-11-13(7-2-8-16-11)14-15(18-21-17-14)19-9-3-5-12-6-4-10-20-12;3-1(4)2(5)6/h4,6-7,10-11,16H,2-3,5,8-9H2,1H3;(H,3,4)(H,5,6). The molecule has 3 rings (SSSR count). The van der Waals surface area contributed by atoms with E-state index < -0.39 is 11.9 Å². The summed E-state index contributed by atoms with van der Waals surface area (Å²) in [7, 11) is 0. The molecule has 0 radical (unpaired) electrons. The SMILES string of the molecule is CC1NCCC=C1c1nsnc1OCCCc1cccs1.O=C(O)C(=O)O. The van der Waals surface area contributed by atoms with Crippen LogP contribution in [0.2, 0.25) is 0 Å². The van der Waals surface area contributed by atoms with Crippen LogP contribution in [0.15, 0.2) is 23.6 Å². The summed E-state index contributed by atoms with van der Waals surface area (Å²) in [6, 6.07) is 4.57. The lowest BCUT2D eigenvalue weighted by atomic mass is 10.0. The second kappa shape index (κ2) is 10.8. The van der Waals surface area contributed by atoms with Gasteiger partial charge in [-0.05, 0) is 49.8 Å². The number of nitrogens with one attached hydrogen (secondary N) is 1. The average molecular weight is 412 g/mol. The van der Waals surface area contributed by atoms with Gasteiger partial charge in [-0.15, -0.1) is 15.7 Å². The van der Waals surface area contributed by atoms with Gasteiger partial charge in [-0.1, -0.05) is 12.1 Å². The second-order valence-corrected chi connectivity index (χ2v) is 7.24. The maximum atomic E-state index is 9.10. The van der Waals surface area contributed by atoms with Crippen molar-refractivity contribution in [2.45, 2.75) is 32.2 Å². The Hall–Kier alpha value is -2.30. The molecule has 0 saturated carbocycles. The zero-order chi connectivity index (χ0) is 19.6. The van der Waals surface area contributed by atoms with Crippen LogP contribution in [0.5, 0.6) is 5.88 Å². The summed E-state index contributed by atoms with van der Waals surface area (Å²) in [5.41, 5.74) is 2.12. The Morgan fingerprint density at radius 1 is 1.33 bits per heavy atom. The van der Waals surface area contributed by atoms with Crippen LogP contribution in [0.4, 0.5) is 0 Å². The van der Waals surface area contributed by atoms with E-state index in [1.807, 2.05) is 0 Å². The number of carboxylic acid groups (broad SMARTS) is 2. The highest BCUT2D eigenvalue weighted by molar-refractivity contribution is 7.09. The third-order valence-corrected chi connectivity index (χ3v) is 5.17. The van der Waals surface area contributed by atoms with Crippen LogP contribution in [-0.4, -0.2) is 50.1 Å². The first-order chi connectivity index (χ1) is 13.0. The van der Waals surface area contributed by atoms with Gasteiger partial charge in [0.2, 0.25) is 0 Å². The highest BCUT2D eigenvalue weighted by Gasteiger charge is 2.21. The molecule has 0 aromatic carbocycles. The molecule has 2 aromatic heterocycles. The van der Waals surface area contributed by atoms with Crippen LogP contribution < -0.4 is 10.1 Å². The highest BCUT2D eigenvalue weighted by atomic mass is 32.1. The minimum absolute atomic E-state index is 0.316. The molecule has 0 bridgehead atoms. The van der Waals surface area contributed by atoms with Gasteiger partial charge in [0.1, 0.15) is 5.69 Å². The number of carboxylic acids is 2. The first-order valence-corrected chi connectivity index (χ1v) is 9.97. The summed E-state index contributed by atoms with van der Waals surface area (Å²) >= 11 is 3.02. The van der Waals surface area contributed by atoms with Crippen molar-refractivity contribution in [3.8, 4) is 5.88 Å². The van der Waals surface area contributed by atoms with Crippen molar-refractivity contribution < 1.29 is 24.5 Å². The minimum Gasteiger partial charge on any atom is -0.475 e. The smallest absolute Gasteiger partial charge is 0.414 e. The van der Waals surface area contributed by atoms with Gasteiger partial charge in [0.05, 0.1) is 18.3 Å². The molecule has 10 heteroatoms. The van der Waals surface area contributed by atoms with Crippen LogP contribution in [-0.2, 0) is 16.0 Å². The molecule has 1 aliphatic rings. The first-order valence-electron chi connectivity index (χ1n) is 8.36. The molecule has 1 aliphatic heterocycles. The van der Waals surface area contributed by atoms with E-state index in [4.69, 9.17) is 24.5 Å². The second-order valence-electron chi connectivity index (χ2n) is 5.68. The van der Waals surface area contributed by atoms with Gasteiger partial charge in [0.25, 0.3) is 5.88 Å². The lowest BCUT2D eigenvalue weighted by Crippen LogP contribution is -2.31. The average Bonchev–Trinajstić information content (AvgIpc) is 3.31. The van der Waals surface area contributed by atoms with Gasteiger partial charge < -0.3 is 20.3 Å². The van der Waals surface area contributed by atoms with Gasteiger partial charge in [-0.3, -0.25) is 0 Å². The molecule has 1 unspecified atom stereocenters. The van der Waals surface area contributed by atoms with Gasteiger partial charge in [0, 0.05) is 10.9 Å². The normalized spacial score (nSPS) is 16.0. The number of aryl methyl sites for hydroxylation is 1. The summed E-state index contributed by atoms with van der Waals surface area (Å²) in [6.45, 7) is 3.87. The number of hydrogen-bond donors (Lipinski definition) is 3. The predicted molar refractivity (Wildman–Crippen MR) is 103 cm³/mol. The number of nitrogens with zero attached hydrogens (tertiary/aromatic N) is 2. The fourth-order valence-electron chi connectivity index (χ4n) is 2.44. The van der Waals surface area contributed by atoms with Crippen molar-refractivity contribution in [1.29, 1.82) is 0 Å². The van der Waals surface area contributed by atoms with E-state index in [2.05, 4.69) is 44.6 Å². The Bertz CT molecular complexity index is 761. The van der Waals surface area contributed by atoms with E-state index in [-0.39, 0.29) is 0 Å². The zero-order valence-corrected chi connectivity index (χ0v) is 16.4. The van der Waals surface area contributed by atoms with Gasteiger partial charge in [-0.2, -0.15) is 4.37 Å². The van der Waals surface area contributed by atoms with Gasteiger partial charge >= 0.3 is 11.9 Å².